The minimum Gasteiger partial charge on any atom is -0.354 e. The van der Waals surface area contributed by atoms with E-state index in [-0.39, 0.29) is 23.5 Å². The standard InChI is InChI=1S/C55H41F12N3O4/c1-20(2)27-11-9-12-28(21(3)4)46(27)69-48(71)37-31-16-24-15-25(52(56,57)58)17-32(54(62,63)64)35(24)36(31)42-40-39(37)43(50(69)73)41-38-33(55(65,66)67)18-26(53(59,60)61)19-34(38)68-45(41)44(40)51(74)70(49(42)72)47-29(22(5)6)13-10-14-30(47)23(7)8/h9-15,17-23,68H,16H2,1-8H3. The Bertz CT molecular complexity index is 3650. The quantitative estimate of drug-likeness (QED) is 0.133. The van der Waals surface area contributed by atoms with Crippen LogP contribution < -0.4 is 9.80 Å². The first-order chi connectivity index (χ1) is 34.3. The van der Waals surface area contributed by atoms with Crippen molar-refractivity contribution in [3.8, 4) is 11.1 Å². The van der Waals surface area contributed by atoms with Crippen LogP contribution in [0, 0.1) is 0 Å². The number of amides is 4. The van der Waals surface area contributed by atoms with E-state index < -0.39 is 178 Å². The van der Waals surface area contributed by atoms with E-state index in [0.29, 0.717) is 44.2 Å². The fourth-order valence-corrected chi connectivity index (χ4v) is 11.3. The van der Waals surface area contributed by atoms with Crippen LogP contribution >= 0.6 is 0 Å². The van der Waals surface area contributed by atoms with Gasteiger partial charge in [0.05, 0.1) is 61.4 Å². The number of nitrogens with zero attached hydrogens (tertiary/aromatic N) is 2. The Kier molecular flexibility index (Phi) is 11.0. The number of hydrogen-bond donors (Lipinski definition) is 1. The van der Waals surface area contributed by atoms with E-state index in [1.807, 2.05) is 0 Å². The lowest BCUT2D eigenvalue weighted by Gasteiger charge is -2.37. The van der Waals surface area contributed by atoms with Gasteiger partial charge in [-0.2, -0.15) is 52.7 Å². The zero-order valence-electron chi connectivity index (χ0n) is 40.4. The molecule has 0 unspecified atom stereocenters. The van der Waals surface area contributed by atoms with Gasteiger partial charge in [-0.05, 0) is 93.3 Å². The summed E-state index contributed by atoms with van der Waals surface area (Å²) in [5.74, 6) is -7.41. The van der Waals surface area contributed by atoms with Gasteiger partial charge in [-0.3, -0.25) is 19.2 Å². The minimum atomic E-state index is -5.62. The molecule has 2 aliphatic heterocycles. The number of aromatic nitrogens is 1. The lowest BCUT2D eigenvalue weighted by Crippen LogP contribution is -2.45. The maximum Gasteiger partial charge on any atom is 0.417 e. The summed E-state index contributed by atoms with van der Waals surface area (Å²) in [4.78, 5) is 67.6. The molecule has 0 bridgehead atoms. The van der Waals surface area contributed by atoms with Gasteiger partial charge in [0.2, 0.25) is 0 Å². The molecule has 6 aromatic carbocycles. The number of para-hydroxylation sites is 2. The predicted molar refractivity (Wildman–Crippen MR) is 253 cm³/mol. The van der Waals surface area contributed by atoms with Gasteiger partial charge in [-0.1, -0.05) is 91.8 Å². The van der Waals surface area contributed by atoms with Crippen LogP contribution in [-0.2, 0) is 31.1 Å². The van der Waals surface area contributed by atoms with Crippen molar-refractivity contribution in [2.75, 3.05) is 9.80 Å². The third kappa shape index (κ3) is 7.10. The molecule has 7 aromatic rings. The fourth-order valence-electron chi connectivity index (χ4n) is 11.3. The molecule has 7 nitrogen and oxygen atoms in total. The van der Waals surface area contributed by atoms with Gasteiger partial charge in [0.1, 0.15) is 0 Å². The smallest absolute Gasteiger partial charge is 0.354 e. The van der Waals surface area contributed by atoms with Crippen molar-refractivity contribution < 1.29 is 71.9 Å². The Morgan fingerprint density at radius 1 is 0.432 bits per heavy atom. The fraction of sp³-hybridized carbons (Fsp3) is 0.309. The van der Waals surface area contributed by atoms with Gasteiger partial charge < -0.3 is 4.98 Å². The van der Waals surface area contributed by atoms with Crippen molar-refractivity contribution in [1.82, 2.24) is 4.98 Å². The van der Waals surface area contributed by atoms with Crippen LogP contribution in [0.15, 0.2) is 60.7 Å². The number of nitrogens with one attached hydrogen (secondary N) is 1. The van der Waals surface area contributed by atoms with Gasteiger partial charge in [0, 0.05) is 32.6 Å². The van der Waals surface area contributed by atoms with E-state index in [4.69, 9.17) is 0 Å². The number of carbonyl (C=O) groups excluding carboxylic acids is 4. The summed E-state index contributed by atoms with van der Waals surface area (Å²) < 4.78 is 181. The highest BCUT2D eigenvalue weighted by Crippen LogP contribution is 2.58. The van der Waals surface area contributed by atoms with E-state index in [0.717, 1.165) is 0 Å². The van der Waals surface area contributed by atoms with Crippen LogP contribution in [0.3, 0.4) is 0 Å². The molecule has 0 radical (unpaired) electrons. The van der Waals surface area contributed by atoms with Crippen LogP contribution in [0.2, 0.25) is 0 Å². The van der Waals surface area contributed by atoms with Crippen molar-refractivity contribution in [3.63, 3.8) is 0 Å². The Morgan fingerprint density at radius 3 is 1.28 bits per heavy atom. The highest BCUT2D eigenvalue weighted by atomic mass is 19.4. The molecule has 1 aliphatic carbocycles. The van der Waals surface area contributed by atoms with Crippen LogP contribution in [0.1, 0.15) is 176 Å². The van der Waals surface area contributed by atoms with Crippen LogP contribution in [-0.4, -0.2) is 28.6 Å². The number of hydrogen-bond acceptors (Lipinski definition) is 4. The Balaban J connectivity index is 1.52. The molecule has 0 saturated carbocycles. The predicted octanol–water partition coefficient (Wildman–Crippen LogP) is 16.2. The van der Waals surface area contributed by atoms with Crippen LogP contribution in [0.25, 0.3) is 43.7 Å². The molecule has 0 atom stereocenters. The summed E-state index contributed by atoms with van der Waals surface area (Å²) in [7, 11) is 0. The topological polar surface area (TPSA) is 90.6 Å². The minimum absolute atomic E-state index is 0.0839. The molecule has 1 N–H and O–H groups in total. The molecule has 74 heavy (non-hydrogen) atoms. The van der Waals surface area contributed by atoms with Crippen molar-refractivity contribution in [2.45, 2.75) is 110 Å². The normalized spacial score (nSPS) is 15.2. The first-order valence-electron chi connectivity index (χ1n) is 23.5. The number of aromatic amines is 1. The van der Waals surface area contributed by atoms with E-state index in [1.165, 1.54) is 0 Å². The summed E-state index contributed by atoms with van der Waals surface area (Å²) in [5.41, 5.74) is -13.8. The average Bonchev–Trinajstić information content (AvgIpc) is 3.86. The van der Waals surface area contributed by atoms with Gasteiger partial charge >= 0.3 is 24.7 Å². The number of anilines is 2. The molecule has 0 saturated heterocycles. The SMILES string of the molecule is CC(C)c1cccc(C(C)C)c1N1C(=O)c2c3c(c4c5c(c6c([nH]c7cc(C(F)(F)F)cc(C(F)(F)F)c76)c(c25)C1=O)C(=O)N(c1c(C(C)C)cccc1C(C)C)C4=O)Cc1cc(C(F)(F)F)cc(C(F)(F)F)c1-3. The summed E-state index contributed by atoms with van der Waals surface area (Å²) in [6, 6.07) is 9.92. The zero-order valence-corrected chi connectivity index (χ0v) is 40.4. The summed E-state index contributed by atoms with van der Waals surface area (Å²) in [5, 5.41) is -3.25. The highest BCUT2D eigenvalue weighted by molar-refractivity contribution is 6.49. The molecule has 3 heterocycles. The third-order valence-corrected chi connectivity index (χ3v) is 14.4. The number of H-pyrrole nitrogens is 1. The zero-order chi connectivity index (χ0) is 54.1. The molecule has 10 rings (SSSR count). The van der Waals surface area contributed by atoms with E-state index in [1.54, 1.807) is 91.8 Å². The average molecular weight is 1040 g/mol. The van der Waals surface area contributed by atoms with E-state index >= 15 is 45.5 Å². The Labute approximate surface area is 413 Å². The molecule has 384 valence electrons. The van der Waals surface area contributed by atoms with Crippen molar-refractivity contribution >= 4 is 67.6 Å². The number of alkyl halides is 12. The number of fused-ring (bicyclic) bond motifs is 10. The van der Waals surface area contributed by atoms with Gasteiger partial charge in [0.25, 0.3) is 23.6 Å². The number of benzene rings is 6. The third-order valence-electron chi connectivity index (χ3n) is 14.4. The number of halogens is 12. The van der Waals surface area contributed by atoms with E-state index in [9.17, 15) is 26.3 Å². The maximum atomic E-state index is 16.0. The lowest BCUT2D eigenvalue weighted by atomic mass is 9.77. The highest BCUT2D eigenvalue weighted by Gasteiger charge is 2.52. The molecule has 0 spiro atoms. The van der Waals surface area contributed by atoms with E-state index in [2.05, 4.69) is 4.98 Å². The second kappa shape index (κ2) is 16.2. The first-order valence-corrected chi connectivity index (χ1v) is 23.5. The maximum absolute atomic E-state index is 16.0. The molecule has 0 fully saturated rings. The number of imide groups is 2. The van der Waals surface area contributed by atoms with Gasteiger partial charge in [-0.15, -0.1) is 0 Å². The molecule has 4 amide bonds. The number of carbonyl (C=O) groups is 4. The lowest BCUT2D eigenvalue weighted by molar-refractivity contribution is -0.144. The van der Waals surface area contributed by atoms with Crippen molar-refractivity contribution in [1.29, 1.82) is 0 Å². The Hall–Kier alpha value is -7.18. The second-order valence-electron chi connectivity index (χ2n) is 20.2. The molecular formula is C55H41F12N3O4. The van der Waals surface area contributed by atoms with Crippen molar-refractivity contribution in [2.24, 2.45) is 0 Å². The summed E-state index contributed by atoms with van der Waals surface area (Å²) in [6.07, 6.45) is -22.9. The molecular weight excluding hydrogens is 995 g/mol. The summed E-state index contributed by atoms with van der Waals surface area (Å²) in [6.45, 7) is 13.6. The van der Waals surface area contributed by atoms with Gasteiger partial charge in [0.15, 0.2) is 0 Å². The molecule has 1 aromatic heterocycles. The largest absolute Gasteiger partial charge is 0.417 e. The molecule has 19 heteroatoms. The van der Waals surface area contributed by atoms with Crippen LogP contribution in [0.4, 0.5) is 64.1 Å². The van der Waals surface area contributed by atoms with Crippen molar-refractivity contribution in [3.05, 3.63) is 139 Å². The Morgan fingerprint density at radius 2 is 0.838 bits per heavy atom. The monoisotopic (exact) mass is 1040 g/mol. The van der Waals surface area contributed by atoms with Gasteiger partial charge in [-0.25, -0.2) is 9.80 Å². The second-order valence-corrected chi connectivity index (χ2v) is 20.2. The van der Waals surface area contributed by atoms with Crippen LogP contribution in [0.5, 0.6) is 0 Å². The first kappa shape index (κ1) is 50.4. The summed E-state index contributed by atoms with van der Waals surface area (Å²) >= 11 is 0. The number of rotatable bonds is 6. The molecule has 3 aliphatic rings.